The highest BCUT2D eigenvalue weighted by atomic mass is 35.5. The second-order valence-electron chi connectivity index (χ2n) is 7.82. The van der Waals surface area contributed by atoms with Gasteiger partial charge in [0.25, 0.3) is 0 Å². The number of carbonyl (C=O) groups excluding carboxylic acids is 2. The molecular weight excluding hydrogens is 496 g/mol. The van der Waals surface area contributed by atoms with Crippen molar-refractivity contribution in [3.63, 3.8) is 0 Å². The molecule has 0 N–H and O–H groups in total. The van der Waals surface area contributed by atoms with Gasteiger partial charge >= 0.3 is 11.9 Å². The average molecular weight is 521 g/mol. The van der Waals surface area contributed by atoms with Gasteiger partial charge in [-0.2, -0.15) is 5.10 Å². The molecule has 0 saturated carbocycles. The molecule has 9 heteroatoms. The van der Waals surface area contributed by atoms with Gasteiger partial charge in [0.2, 0.25) is 0 Å². The van der Waals surface area contributed by atoms with Gasteiger partial charge in [0.05, 0.1) is 26.5 Å². The Bertz CT molecular complexity index is 1420. The Kier molecular flexibility index (Phi) is 8.10. The van der Waals surface area contributed by atoms with E-state index in [-0.39, 0.29) is 23.6 Å². The van der Waals surface area contributed by atoms with E-state index in [4.69, 9.17) is 30.5 Å². The van der Waals surface area contributed by atoms with Crippen molar-refractivity contribution in [2.24, 2.45) is 0 Å². The first-order valence-electron chi connectivity index (χ1n) is 11.5. The maximum absolute atomic E-state index is 12.9. The van der Waals surface area contributed by atoms with Crippen LogP contribution in [0, 0.1) is 0 Å². The highest BCUT2D eigenvalue weighted by Gasteiger charge is 2.31. The Morgan fingerprint density at radius 1 is 0.865 bits per heavy atom. The van der Waals surface area contributed by atoms with Gasteiger partial charge in [-0.25, -0.2) is 14.3 Å². The number of hydrogen-bond donors (Lipinski definition) is 0. The smallest absolute Gasteiger partial charge is 0.357 e. The number of aromatic nitrogens is 2. The molecule has 37 heavy (non-hydrogen) atoms. The second-order valence-corrected chi connectivity index (χ2v) is 8.25. The van der Waals surface area contributed by atoms with E-state index in [1.54, 1.807) is 48.5 Å². The van der Waals surface area contributed by atoms with Crippen LogP contribution in [0.15, 0.2) is 72.8 Å². The molecule has 0 bridgehead atoms. The molecule has 1 aromatic heterocycles. The molecule has 0 aliphatic rings. The molecule has 0 fully saturated rings. The molecule has 0 aliphatic carbocycles. The normalized spacial score (nSPS) is 10.6. The molecule has 0 spiro atoms. The molecule has 0 aliphatic heterocycles. The molecule has 190 valence electrons. The zero-order valence-electron chi connectivity index (χ0n) is 20.6. The molecule has 0 atom stereocenters. The van der Waals surface area contributed by atoms with Crippen LogP contribution in [-0.2, 0) is 16.1 Å². The highest BCUT2D eigenvalue weighted by molar-refractivity contribution is 6.30. The van der Waals surface area contributed by atoms with Crippen molar-refractivity contribution < 1.29 is 28.5 Å². The van der Waals surface area contributed by atoms with Crippen LogP contribution in [-0.4, -0.2) is 42.5 Å². The minimum absolute atomic E-state index is 0.0201. The molecule has 3 aromatic carbocycles. The lowest BCUT2D eigenvalue weighted by Gasteiger charge is -2.13. The topological polar surface area (TPSA) is 88.9 Å². The fraction of sp³-hybridized carbons (Fsp3) is 0.179. The van der Waals surface area contributed by atoms with Crippen molar-refractivity contribution in [2.75, 3.05) is 20.8 Å². The number of nitrogens with zero attached hydrogens (tertiary/aromatic N) is 2. The van der Waals surface area contributed by atoms with E-state index in [0.717, 1.165) is 5.56 Å². The van der Waals surface area contributed by atoms with Gasteiger partial charge in [0, 0.05) is 10.6 Å². The van der Waals surface area contributed by atoms with Crippen LogP contribution in [0.1, 0.15) is 33.3 Å². The third kappa shape index (κ3) is 5.59. The number of carbonyl (C=O) groups is 2. The maximum Gasteiger partial charge on any atom is 0.357 e. The highest BCUT2D eigenvalue weighted by Crippen LogP contribution is 2.36. The number of ether oxygens (including phenoxy) is 4. The van der Waals surface area contributed by atoms with Crippen LogP contribution in [0.25, 0.3) is 16.9 Å². The quantitative estimate of drug-likeness (QED) is 0.260. The van der Waals surface area contributed by atoms with Crippen LogP contribution >= 0.6 is 11.6 Å². The number of rotatable bonds is 9. The van der Waals surface area contributed by atoms with Gasteiger partial charge < -0.3 is 18.9 Å². The van der Waals surface area contributed by atoms with Gasteiger partial charge in [-0.15, -0.1) is 0 Å². The minimum atomic E-state index is -0.727. The van der Waals surface area contributed by atoms with Crippen LogP contribution in [0.4, 0.5) is 0 Å². The summed E-state index contributed by atoms with van der Waals surface area (Å²) >= 11 is 6.08. The van der Waals surface area contributed by atoms with Gasteiger partial charge in [0.1, 0.15) is 17.9 Å². The van der Waals surface area contributed by atoms with Gasteiger partial charge in [-0.1, -0.05) is 41.9 Å². The first kappa shape index (κ1) is 25.8. The molecule has 4 aromatic rings. The molecule has 0 radical (unpaired) electrons. The molecule has 4 rings (SSSR count). The fourth-order valence-corrected chi connectivity index (χ4v) is 4.00. The van der Waals surface area contributed by atoms with Crippen LogP contribution in [0.2, 0.25) is 5.02 Å². The van der Waals surface area contributed by atoms with Crippen LogP contribution in [0.3, 0.4) is 0 Å². The summed E-state index contributed by atoms with van der Waals surface area (Å²) < 4.78 is 23.2. The fourth-order valence-electron chi connectivity index (χ4n) is 3.79. The summed E-state index contributed by atoms with van der Waals surface area (Å²) in [6.45, 7) is 2.52. The van der Waals surface area contributed by atoms with E-state index in [1.165, 1.54) is 18.9 Å². The van der Waals surface area contributed by atoms with Crippen LogP contribution < -0.4 is 9.47 Å². The van der Waals surface area contributed by atoms with E-state index in [1.807, 2.05) is 31.2 Å². The maximum atomic E-state index is 12.9. The van der Waals surface area contributed by atoms with Crippen molar-refractivity contribution in [3.8, 4) is 28.4 Å². The zero-order valence-corrected chi connectivity index (χ0v) is 21.3. The largest absolute Gasteiger partial charge is 0.490 e. The lowest BCUT2D eigenvalue weighted by molar-refractivity contribution is 0.0549. The summed E-state index contributed by atoms with van der Waals surface area (Å²) in [5, 5.41) is 5.24. The summed E-state index contributed by atoms with van der Waals surface area (Å²) in [5.74, 6) is -0.501. The number of methoxy groups -OCH3 is 2. The Morgan fingerprint density at radius 3 is 2.30 bits per heavy atom. The lowest BCUT2D eigenvalue weighted by atomic mass is 10.0. The molecule has 0 unspecified atom stereocenters. The Hall–Kier alpha value is -4.30. The first-order valence-corrected chi connectivity index (χ1v) is 11.8. The number of hydrogen-bond acceptors (Lipinski definition) is 7. The summed E-state index contributed by atoms with van der Waals surface area (Å²) in [5.41, 5.74) is 2.17. The first-order chi connectivity index (χ1) is 18.0. The van der Waals surface area contributed by atoms with Crippen molar-refractivity contribution in [1.29, 1.82) is 0 Å². The number of benzene rings is 3. The Morgan fingerprint density at radius 2 is 1.62 bits per heavy atom. The molecule has 0 saturated heterocycles. The number of esters is 2. The van der Waals surface area contributed by atoms with Gasteiger partial charge in [0.15, 0.2) is 17.2 Å². The van der Waals surface area contributed by atoms with E-state index in [9.17, 15) is 9.59 Å². The van der Waals surface area contributed by atoms with E-state index < -0.39 is 11.9 Å². The SMILES string of the molecule is CCOc1cc(-c2nn(-c3ccccc3)c(C(=O)OC)c2C(=O)OC)ccc1OCc1cccc(Cl)c1. The van der Waals surface area contributed by atoms with Crippen LogP contribution in [0.5, 0.6) is 11.5 Å². The predicted molar refractivity (Wildman–Crippen MR) is 139 cm³/mol. The van der Waals surface area contributed by atoms with Crippen molar-refractivity contribution in [1.82, 2.24) is 9.78 Å². The third-order valence-corrected chi connectivity index (χ3v) is 5.69. The molecule has 1 heterocycles. The molecular formula is C28H25ClN2O6. The summed E-state index contributed by atoms with van der Waals surface area (Å²) in [7, 11) is 2.48. The summed E-state index contributed by atoms with van der Waals surface area (Å²) in [6.07, 6.45) is 0. The van der Waals surface area contributed by atoms with E-state index in [2.05, 4.69) is 5.10 Å². The van der Waals surface area contributed by atoms with E-state index in [0.29, 0.717) is 34.4 Å². The predicted octanol–water partition coefficient (Wildman–Crippen LogP) is 5.74. The van der Waals surface area contributed by atoms with Crippen molar-refractivity contribution >= 4 is 23.5 Å². The van der Waals surface area contributed by atoms with Gasteiger partial charge in [-0.05, 0) is 55.0 Å². The standard InChI is InChI=1S/C28H25ClN2O6/c1-4-36-23-16-19(13-14-22(23)37-17-18-9-8-10-20(29)15-18)25-24(27(32)34-2)26(28(33)35-3)31(30-25)21-11-6-5-7-12-21/h5-16H,4,17H2,1-3H3. The Labute approximate surface area is 219 Å². The van der Waals surface area contributed by atoms with Gasteiger partial charge in [-0.3, -0.25) is 0 Å². The number of halogens is 1. The molecule has 8 nitrogen and oxygen atoms in total. The van der Waals surface area contributed by atoms with Crippen molar-refractivity contribution in [2.45, 2.75) is 13.5 Å². The third-order valence-electron chi connectivity index (χ3n) is 5.45. The number of para-hydroxylation sites is 1. The average Bonchev–Trinajstić information content (AvgIpc) is 3.33. The lowest BCUT2D eigenvalue weighted by Crippen LogP contribution is -2.15. The van der Waals surface area contributed by atoms with Crippen molar-refractivity contribution in [3.05, 3.63) is 94.6 Å². The summed E-state index contributed by atoms with van der Waals surface area (Å²) in [6, 6.07) is 21.5. The van der Waals surface area contributed by atoms with E-state index >= 15 is 0 Å². The monoisotopic (exact) mass is 520 g/mol. The second kappa shape index (κ2) is 11.6. The Balaban J connectivity index is 1.82. The zero-order chi connectivity index (χ0) is 26.4. The minimum Gasteiger partial charge on any atom is -0.490 e. The summed E-state index contributed by atoms with van der Waals surface area (Å²) in [4.78, 5) is 25.7. The molecule has 0 amide bonds.